The minimum Gasteiger partial charge on any atom is -0.478 e. The van der Waals surface area contributed by atoms with Crippen molar-refractivity contribution in [2.24, 2.45) is 0 Å². The highest BCUT2D eigenvalue weighted by molar-refractivity contribution is 5.97. The van der Waals surface area contributed by atoms with E-state index in [9.17, 15) is 14.7 Å². The molecule has 4 nitrogen and oxygen atoms in total. The summed E-state index contributed by atoms with van der Waals surface area (Å²) in [5.74, 6) is -1.52. The number of rotatable bonds is 5. The molecule has 0 radical (unpaired) electrons. The number of hydrogen-bond acceptors (Lipinski definition) is 3. The van der Waals surface area contributed by atoms with E-state index in [4.69, 9.17) is 4.74 Å². The summed E-state index contributed by atoms with van der Waals surface area (Å²) in [6.07, 6.45) is 0. The fraction of sp³-hybridized carbons (Fsp3) is 0.111. The van der Waals surface area contributed by atoms with Gasteiger partial charge in [0.2, 0.25) is 0 Å². The highest BCUT2D eigenvalue weighted by Crippen LogP contribution is 2.28. The molecular formula is C18H16O4. The Hall–Kier alpha value is -2.88. The van der Waals surface area contributed by atoms with Crippen molar-refractivity contribution in [1.82, 2.24) is 0 Å². The molecule has 0 aliphatic carbocycles. The molecule has 2 rings (SSSR count). The molecule has 22 heavy (non-hydrogen) atoms. The Morgan fingerprint density at radius 3 is 2.36 bits per heavy atom. The maximum absolute atomic E-state index is 11.5. The molecule has 2 aromatic rings. The number of carbonyl (C=O) groups is 2. The second-order valence-electron chi connectivity index (χ2n) is 4.87. The van der Waals surface area contributed by atoms with E-state index in [1.165, 1.54) is 6.07 Å². The minimum atomic E-state index is -1.02. The molecule has 0 spiro atoms. The van der Waals surface area contributed by atoms with Crippen molar-refractivity contribution < 1.29 is 19.4 Å². The molecule has 0 aliphatic rings. The van der Waals surface area contributed by atoms with Crippen molar-refractivity contribution in [2.75, 3.05) is 0 Å². The van der Waals surface area contributed by atoms with Crippen LogP contribution in [0, 0.1) is 0 Å². The van der Waals surface area contributed by atoms with Crippen LogP contribution in [0.5, 0.6) is 0 Å². The standard InChI is InChI=1S/C18H16O4/c1-12(2)18(21)22-11-14-9-6-10-15(17(19)20)16(14)13-7-4-3-5-8-13/h3-10H,1,11H2,2H3,(H,19,20). The molecule has 0 unspecified atom stereocenters. The average molecular weight is 296 g/mol. The summed E-state index contributed by atoms with van der Waals surface area (Å²) in [7, 11) is 0. The van der Waals surface area contributed by atoms with Gasteiger partial charge in [-0.05, 0) is 24.1 Å². The van der Waals surface area contributed by atoms with Gasteiger partial charge in [-0.1, -0.05) is 49.0 Å². The Labute approximate surface area is 128 Å². The number of esters is 1. The quantitative estimate of drug-likeness (QED) is 0.675. The van der Waals surface area contributed by atoms with Crippen LogP contribution in [-0.4, -0.2) is 17.0 Å². The lowest BCUT2D eigenvalue weighted by Gasteiger charge is -2.13. The summed E-state index contributed by atoms with van der Waals surface area (Å²) < 4.78 is 5.15. The number of carbonyl (C=O) groups excluding carboxylic acids is 1. The third kappa shape index (κ3) is 3.41. The number of hydrogen-bond donors (Lipinski definition) is 1. The molecule has 2 aromatic carbocycles. The number of benzene rings is 2. The van der Waals surface area contributed by atoms with Crippen LogP contribution in [0.1, 0.15) is 22.8 Å². The Morgan fingerprint density at radius 2 is 1.77 bits per heavy atom. The smallest absolute Gasteiger partial charge is 0.336 e. The number of carboxylic acids is 1. The van der Waals surface area contributed by atoms with Gasteiger partial charge >= 0.3 is 11.9 Å². The summed E-state index contributed by atoms with van der Waals surface area (Å²) in [5, 5.41) is 9.40. The van der Waals surface area contributed by atoms with Gasteiger partial charge in [-0.3, -0.25) is 0 Å². The molecule has 0 saturated heterocycles. The van der Waals surface area contributed by atoms with E-state index >= 15 is 0 Å². The molecule has 0 saturated carbocycles. The lowest BCUT2D eigenvalue weighted by Crippen LogP contribution is -2.08. The van der Waals surface area contributed by atoms with Crippen molar-refractivity contribution in [3.63, 3.8) is 0 Å². The van der Waals surface area contributed by atoms with E-state index in [0.29, 0.717) is 16.7 Å². The van der Waals surface area contributed by atoms with Gasteiger partial charge in [0.25, 0.3) is 0 Å². The molecule has 1 N–H and O–H groups in total. The third-order valence-corrected chi connectivity index (χ3v) is 3.15. The van der Waals surface area contributed by atoms with Gasteiger partial charge in [0.05, 0.1) is 5.56 Å². The molecule has 0 bridgehead atoms. The molecular weight excluding hydrogens is 280 g/mol. The largest absolute Gasteiger partial charge is 0.478 e. The summed E-state index contributed by atoms with van der Waals surface area (Å²) in [6.45, 7) is 5.09. The van der Waals surface area contributed by atoms with Crippen LogP contribution in [0.25, 0.3) is 11.1 Å². The topological polar surface area (TPSA) is 63.6 Å². The van der Waals surface area contributed by atoms with E-state index in [1.807, 2.05) is 30.3 Å². The first-order valence-corrected chi connectivity index (χ1v) is 6.74. The van der Waals surface area contributed by atoms with Crippen LogP contribution in [0.3, 0.4) is 0 Å². The zero-order valence-electron chi connectivity index (χ0n) is 12.2. The highest BCUT2D eigenvalue weighted by atomic mass is 16.5. The number of aromatic carboxylic acids is 1. The first kappa shape index (κ1) is 15.5. The van der Waals surface area contributed by atoms with Crippen LogP contribution < -0.4 is 0 Å². The Morgan fingerprint density at radius 1 is 1.09 bits per heavy atom. The Bertz CT molecular complexity index is 717. The van der Waals surface area contributed by atoms with Crippen LogP contribution in [0.2, 0.25) is 0 Å². The van der Waals surface area contributed by atoms with Crippen LogP contribution in [-0.2, 0) is 16.1 Å². The van der Waals surface area contributed by atoms with Gasteiger partial charge in [-0.15, -0.1) is 0 Å². The molecule has 4 heteroatoms. The normalized spacial score (nSPS) is 10.0. The molecule has 0 aliphatic heterocycles. The summed E-state index contributed by atoms with van der Waals surface area (Å²) in [5.41, 5.74) is 2.44. The van der Waals surface area contributed by atoms with E-state index < -0.39 is 11.9 Å². The van der Waals surface area contributed by atoms with E-state index in [-0.39, 0.29) is 12.2 Å². The fourth-order valence-electron chi connectivity index (χ4n) is 2.11. The van der Waals surface area contributed by atoms with Crippen LogP contribution >= 0.6 is 0 Å². The van der Waals surface area contributed by atoms with E-state index in [0.717, 1.165) is 5.56 Å². The van der Waals surface area contributed by atoms with Crippen molar-refractivity contribution in [3.05, 3.63) is 71.8 Å². The maximum atomic E-state index is 11.5. The van der Waals surface area contributed by atoms with Gasteiger partial charge in [0.15, 0.2) is 0 Å². The van der Waals surface area contributed by atoms with Crippen LogP contribution in [0.15, 0.2) is 60.7 Å². The molecule has 0 fully saturated rings. The lowest BCUT2D eigenvalue weighted by atomic mass is 9.94. The van der Waals surface area contributed by atoms with Gasteiger partial charge < -0.3 is 9.84 Å². The van der Waals surface area contributed by atoms with Crippen molar-refractivity contribution in [2.45, 2.75) is 13.5 Å². The zero-order chi connectivity index (χ0) is 16.1. The average Bonchev–Trinajstić information content (AvgIpc) is 2.52. The van der Waals surface area contributed by atoms with Gasteiger partial charge in [-0.2, -0.15) is 0 Å². The predicted molar refractivity (Wildman–Crippen MR) is 83.4 cm³/mol. The second-order valence-corrected chi connectivity index (χ2v) is 4.87. The number of carboxylic acid groups (broad SMARTS) is 1. The monoisotopic (exact) mass is 296 g/mol. The van der Waals surface area contributed by atoms with Crippen molar-refractivity contribution in [1.29, 1.82) is 0 Å². The first-order chi connectivity index (χ1) is 10.5. The molecule has 112 valence electrons. The fourth-order valence-corrected chi connectivity index (χ4v) is 2.11. The highest BCUT2D eigenvalue weighted by Gasteiger charge is 2.16. The molecule has 0 heterocycles. The maximum Gasteiger partial charge on any atom is 0.336 e. The molecule has 0 atom stereocenters. The summed E-state index contributed by atoms with van der Waals surface area (Å²) >= 11 is 0. The van der Waals surface area contributed by atoms with Gasteiger partial charge in [0.1, 0.15) is 6.61 Å². The second kappa shape index (κ2) is 6.72. The number of ether oxygens (including phenoxy) is 1. The van der Waals surface area contributed by atoms with Crippen molar-refractivity contribution >= 4 is 11.9 Å². The molecule has 0 amide bonds. The summed E-state index contributed by atoms with van der Waals surface area (Å²) in [6, 6.07) is 14.1. The van der Waals surface area contributed by atoms with Gasteiger partial charge in [-0.25, -0.2) is 9.59 Å². The minimum absolute atomic E-state index is 0.00294. The van der Waals surface area contributed by atoms with E-state index in [2.05, 4.69) is 6.58 Å². The van der Waals surface area contributed by atoms with Crippen molar-refractivity contribution in [3.8, 4) is 11.1 Å². The lowest BCUT2D eigenvalue weighted by molar-refractivity contribution is -0.140. The predicted octanol–water partition coefficient (Wildman–Crippen LogP) is 3.67. The Balaban J connectivity index is 2.46. The molecule has 0 aromatic heterocycles. The third-order valence-electron chi connectivity index (χ3n) is 3.15. The SMILES string of the molecule is C=C(C)C(=O)OCc1cccc(C(=O)O)c1-c1ccccc1. The van der Waals surface area contributed by atoms with Crippen LogP contribution in [0.4, 0.5) is 0 Å². The first-order valence-electron chi connectivity index (χ1n) is 6.74. The van der Waals surface area contributed by atoms with Gasteiger partial charge in [0, 0.05) is 11.1 Å². The Kier molecular flexibility index (Phi) is 4.73. The summed E-state index contributed by atoms with van der Waals surface area (Å²) in [4.78, 5) is 23.0. The van der Waals surface area contributed by atoms with E-state index in [1.54, 1.807) is 19.1 Å². The zero-order valence-corrected chi connectivity index (χ0v) is 12.2.